The summed E-state index contributed by atoms with van der Waals surface area (Å²) in [7, 11) is 0. The summed E-state index contributed by atoms with van der Waals surface area (Å²) in [5.74, 6) is 1.46. The van der Waals surface area contributed by atoms with Crippen LogP contribution < -0.4 is 0 Å². The summed E-state index contributed by atoms with van der Waals surface area (Å²) in [6.45, 7) is 8.30. The molecule has 2 atom stereocenters. The third kappa shape index (κ3) is 2.62. The highest BCUT2D eigenvalue weighted by atomic mass is 16.2. The molecule has 2 saturated heterocycles. The van der Waals surface area contributed by atoms with Crippen LogP contribution in [0.2, 0.25) is 0 Å². The average Bonchev–Trinajstić information content (AvgIpc) is 3.00. The Labute approximate surface area is 156 Å². The summed E-state index contributed by atoms with van der Waals surface area (Å²) in [6, 6.07) is 1.12. The molecule has 5 nitrogen and oxygen atoms in total. The molecule has 2 aliphatic carbocycles. The molecule has 0 unspecified atom stereocenters. The minimum atomic E-state index is -0.222. The molecular weight excluding hydrogens is 324 g/mol. The zero-order chi connectivity index (χ0) is 17.9. The van der Waals surface area contributed by atoms with Gasteiger partial charge in [0.05, 0.1) is 17.4 Å². The van der Waals surface area contributed by atoms with Crippen molar-refractivity contribution in [2.24, 2.45) is 11.3 Å². The third-order valence-electron chi connectivity index (χ3n) is 7.45. The van der Waals surface area contributed by atoms with E-state index in [0.29, 0.717) is 18.0 Å². The van der Waals surface area contributed by atoms with E-state index in [2.05, 4.69) is 34.4 Å². The van der Waals surface area contributed by atoms with E-state index in [1.165, 1.54) is 32.1 Å². The fraction of sp³-hybridized carbons (Fsp3) is 0.810. The molecule has 26 heavy (non-hydrogen) atoms. The number of hydrogen-bond donors (Lipinski definition) is 0. The Balaban J connectivity index is 1.44. The van der Waals surface area contributed by atoms with Crippen LogP contribution in [-0.2, 0) is 4.79 Å². The number of amides is 1. The second-order valence-corrected chi connectivity index (χ2v) is 9.51. The number of carbonyl (C=O) groups is 1. The highest BCUT2D eigenvalue weighted by Gasteiger charge is 2.59. The van der Waals surface area contributed by atoms with Crippen LogP contribution in [0.4, 0.5) is 0 Å². The van der Waals surface area contributed by atoms with Crippen molar-refractivity contribution in [3.8, 4) is 0 Å². The lowest BCUT2D eigenvalue weighted by Gasteiger charge is -2.35. The van der Waals surface area contributed by atoms with E-state index < -0.39 is 0 Å². The van der Waals surface area contributed by atoms with Gasteiger partial charge in [-0.25, -0.2) is 4.98 Å². The van der Waals surface area contributed by atoms with Crippen LogP contribution in [0, 0.1) is 11.3 Å². The van der Waals surface area contributed by atoms with Gasteiger partial charge in [0.1, 0.15) is 0 Å². The van der Waals surface area contributed by atoms with E-state index in [-0.39, 0.29) is 11.3 Å². The predicted molar refractivity (Wildman–Crippen MR) is 101 cm³/mol. The van der Waals surface area contributed by atoms with Crippen LogP contribution in [0.3, 0.4) is 0 Å². The predicted octanol–water partition coefficient (Wildman–Crippen LogP) is 3.04. The number of likely N-dealkylation sites (tertiary alicyclic amines) is 2. The van der Waals surface area contributed by atoms with Crippen LogP contribution in [-0.4, -0.2) is 57.5 Å². The standard InChI is InChI=1S/C21H32N4O/c1-15(2)25-12-19(22-14-25)18-11-24(17-4-3-5-17)13-21(18)8-9-23(20(21)26)10-16-6-7-16/h12,14-18H,3-11,13H2,1-2H3/t18-,21+/m1/s1. The van der Waals surface area contributed by atoms with Gasteiger partial charge in [0.25, 0.3) is 0 Å². The lowest BCUT2D eigenvalue weighted by atomic mass is 9.75. The average molecular weight is 357 g/mol. The maximum Gasteiger partial charge on any atom is 0.230 e. The molecule has 142 valence electrons. The molecule has 0 aromatic carbocycles. The molecule has 1 aromatic rings. The molecule has 1 amide bonds. The summed E-state index contributed by atoms with van der Waals surface area (Å²) in [4.78, 5) is 23.1. The van der Waals surface area contributed by atoms with Crippen LogP contribution >= 0.6 is 0 Å². The van der Waals surface area contributed by atoms with Gasteiger partial charge in [0, 0.05) is 50.4 Å². The topological polar surface area (TPSA) is 41.4 Å². The second kappa shape index (κ2) is 6.08. The highest BCUT2D eigenvalue weighted by molar-refractivity contribution is 5.87. The SMILES string of the molecule is CC(C)n1cnc([C@H]2CN(C3CCC3)C[C@@]23CCN(CC2CC2)C3=O)c1. The molecule has 5 rings (SSSR count). The van der Waals surface area contributed by atoms with E-state index in [1.54, 1.807) is 0 Å². The van der Waals surface area contributed by atoms with Gasteiger partial charge in [0.15, 0.2) is 0 Å². The number of aromatic nitrogens is 2. The van der Waals surface area contributed by atoms with Gasteiger partial charge < -0.3 is 9.47 Å². The first kappa shape index (κ1) is 16.8. The minimum Gasteiger partial charge on any atom is -0.342 e. The first-order chi connectivity index (χ1) is 12.6. The van der Waals surface area contributed by atoms with Crippen molar-refractivity contribution < 1.29 is 4.79 Å². The maximum absolute atomic E-state index is 13.6. The van der Waals surface area contributed by atoms with Crippen LogP contribution in [0.5, 0.6) is 0 Å². The van der Waals surface area contributed by atoms with E-state index in [9.17, 15) is 4.79 Å². The molecule has 0 N–H and O–H groups in total. The Morgan fingerprint density at radius 3 is 2.69 bits per heavy atom. The highest BCUT2D eigenvalue weighted by Crippen LogP contribution is 2.51. The summed E-state index contributed by atoms with van der Waals surface area (Å²) in [6.07, 6.45) is 11.8. The van der Waals surface area contributed by atoms with Crippen molar-refractivity contribution >= 4 is 5.91 Å². The lowest BCUT2D eigenvalue weighted by molar-refractivity contribution is -0.136. The van der Waals surface area contributed by atoms with Gasteiger partial charge in [-0.05, 0) is 51.9 Å². The van der Waals surface area contributed by atoms with Crippen molar-refractivity contribution in [3.63, 3.8) is 0 Å². The number of hydrogen-bond acceptors (Lipinski definition) is 3. The fourth-order valence-corrected chi connectivity index (χ4v) is 5.28. The molecule has 5 heteroatoms. The Bertz CT molecular complexity index is 690. The zero-order valence-electron chi connectivity index (χ0n) is 16.2. The summed E-state index contributed by atoms with van der Waals surface area (Å²) in [5, 5.41) is 0. The first-order valence-corrected chi connectivity index (χ1v) is 10.6. The van der Waals surface area contributed by atoms with Gasteiger partial charge in [-0.15, -0.1) is 0 Å². The second-order valence-electron chi connectivity index (χ2n) is 9.51. The Morgan fingerprint density at radius 2 is 2.08 bits per heavy atom. The van der Waals surface area contributed by atoms with Crippen LogP contribution in [0.15, 0.2) is 12.5 Å². The van der Waals surface area contributed by atoms with E-state index >= 15 is 0 Å². The fourth-order valence-electron chi connectivity index (χ4n) is 5.28. The van der Waals surface area contributed by atoms with Gasteiger partial charge in [-0.1, -0.05) is 6.42 Å². The molecule has 2 saturated carbocycles. The molecule has 1 aromatic heterocycles. The van der Waals surface area contributed by atoms with E-state index in [0.717, 1.165) is 44.2 Å². The molecule has 4 fully saturated rings. The maximum atomic E-state index is 13.6. The molecule has 3 heterocycles. The summed E-state index contributed by atoms with van der Waals surface area (Å²) in [5.41, 5.74) is 0.919. The van der Waals surface area contributed by atoms with E-state index in [1.807, 2.05) is 6.33 Å². The van der Waals surface area contributed by atoms with Gasteiger partial charge >= 0.3 is 0 Å². The lowest BCUT2D eigenvalue weighted by Crippen LogP contribution is -2.43. The molecular formula is C21H32N4O. The third-order valence-corrected chi connectivity index (χ3v) is 7.45. The number of carbonyl (C=O) groups excluding carboxylic acids is 1. The molecule has 0 bridgehead atoms. The van der Waals surface area contributed by atoms with Crippen molar-refractivity contribution in [1.82, 2.24) is 19.4 Å². The van der Waals surface area contributed by atoms with Crippen molar-refractivity contribution in [2.75, 3.05) is 26.2 Å². The monoisotopic (exact) mass is 356 g/mol. The summed E-state index contributed by atoms with van der Waals surface area (Å²) >= 11 is 0. The molecule has 1 spiro atoms. The van der Waals surface area contributed by atoms with Gasteiger partial charge in [-0.2, -0.15) is 0 Å². The molecule has 0 radical (unpaired) electrons. The number of imidazole rings is 1. The normalized spacial score (nSPS) is 33.0. The Hall–Kier alpha value is -1.36. The van der Waals surface area contributed by atoms with Crippen molar-refractivity contribution in [3.05, 3.63) is 18.2 Å². The Kier molecular flexibility index (Phi) is 3.93. The smallest absolute Gasteiger partial charge is 0.230 e. The number of rotatable bonds is 5. The quantitative estimate of drug-likeness (QED) is 0.814. The van der Waals surface area contributed by atoms with E-state index in [4.69, 9.17) is 4.98 Å². The van der Waals surface area contributed by atoms with Crippen molar-refractivity contribution in [2.45, 2.75) is 70.4 Å². The van der Waals surface area contributed by atoms with Crippen molar-refractivity contribution in [1.29, 1.82) is 0 Å². The van der Waals surface area contributed by atoms with Crippen LogP contribution in [0.1, 0.15) is 70.0 Å². The first-order valence-electron chi connectivity index (χ1n) is 10.6. The Morgan fingerprint density at radius 1 is 1.27 bits per heavy atom. The molecule has 2 aliphatic heterocycles. The van der Waals surface area contributed by atoms with Gasteiger partial charge in [-0.3, -0.25) is 9.69 Å². The zero-order valence-corrected chi connectivity index (χ0v) is 16.2. The van der Waals surface area contributed by atoms with Gasteiger partial charge in [0.2, 0.25) is 5.91 Å². The minimum absolute atomic E-state index is 0.222. The summed E-state index contributed by atoms with van der Waals surface area (Å²) < 4.78 is 2.19. The molecule has 4 aliphatic rings. The largest absolute Gasteiger partial charge is 0.342 e. The van der Waals surface area contributed by atoms with Crippen LogP contribution in [0.25, 0.3) is 0 Å². The number of nitrogens with zero attached hydrogens (tertiary/aromatic N) is 4.